The lowest BCUT2D eigenvalue weighted by molar-refractivity contribution is -0.148. The second kappa shape index (κ2) is 8.99. The molecule has 1 saturated carbocycles. The molecule has 2 atom stereocenters. The van der Waals surface area contributed by atoms with Crippen molar-refractivity contribution in [3.05, 3.63) is 35.4 Å². The number of carboxylic acids is 2. The minimum absolute atomic E-state index is 0.0141. The molecule has 5 heteroatoms. The highest BCUT2D eigenvalue weighted by Gasteiger charge is 2.34. The Morgan fingerprint density at radius 2 is 1.64 bits per heavy atom. The van der Waals surface area contributed by atoms with E-state index in [-0.39, 0.29) is 12.6 Å². The molecule has 5 nitrogen and oxygen atoms in total. The number of carboxylic acid groups (broad SMARTS) is 2. The van der Waals surface area contributed by atoms with Gasteiger partial charge in [0.2, 0.25) is 0 Å². The number of aliphatic carboxylic acids is 2. The molecule has 0 spiro atoms. The summed E-state index contributed by atoms with van der Waals surface area (Å²) in [5.41, 5.74) is 1.84. The number of rotatable bonds is 8. The molecule has 0 radical (unpaired) electrons. The van der Waals surface area contributed by atoms with Gasteiger partial charge in [0.25, 0.3) is 0 Å². The maximum Gasteiger partial charge on any atom is 0.325 e. The molecule has 1 fully saturated rings. The Kier molecular flexibility index (Phi) is 7.00. The van der Waals surface area contributed by atoms with E-state index in [9.17, 15) is 19.8 Å². The van der Waals surface area contributed by atoms with Crippen molar-refractivity contribution in [2.24, 2.45) is 0 Å². The molecule has 1 aromatic carbocycles. The van der Waals surface area contributed by atoms with Crippen LogP contribution in [0.4, 0.5) is 0 Å². The van der Waals surface area contributed by atoms with Crippen LogP contribution in [0, 0.1) is 0 Å². The maximum atomic E-state index is 12.0. The number of benzene rings is 1. The summed E-state index contributed by atoms with van der Waals surface area (Å²) in [6.45, 7) is 4.02. The summed E-state index contributed by atoms with van der Waals surface area (Å²) in [6, 6.07) is 6.74. The van der Waals surface area contributed by atoms with Crippen molar-refractivity contribution in [3.8, 4) is 0 Å². The molecule has 1 aromatic rings. The van der Waals surface area contributed by atoms with Crippen molar-refractivity contribution in [3.63, 3.8) is 0 Å². The van der Waals surface area contributed by atoms with Crippen LogP contribution in [0.25, 0.3) is 0 Å². The Morgan fingerprint density at radius 1 is 1.08 bits per heavy atom. The van der Waals surface area contributed by atoms with Crippen molar-refractivity contribution < 1.29 is 19.8 Å². The lowest BCUT2D eigenvalue weighted by Crippen LogP contribution is -2.45. The third-order valence-corrected chi connectivity index (χ3v) is 5.36. The van der Waals surface area contributed by atoms with E-state index in [0.717, 1.165) is 38.5 Å². The predicted molar refractivity (Wildman–Crippen MR) is 96.7 cm³/mol. The average Bonchev–Trinajstić information content (AvgIpc) is 2.61. The van der Waals surface area contributed by atoms with Gasteiger partial charge in [-0.05, 0) is 36.3 Å². The molecule has 0 aromatic heterocycles. The highest BCUT2D eigenvalue weighted by molar-refractivity contribution is 5.77. The lowest BCUT2D eigenvalue weighted by atomic mass is 9.91. The van der Waals surface area contributed by atoms with Crippen molar-refractivity contribution in [2.45, 2.75) is 70.4 Å². The van der Waals surface area contributed by atoms with E-state index in [4.69, 9.17) is 0 Å². The summed E-state index contributed by atoms with van der Waals surface area (Å²) < 4.78 is 0. The zero-order chi connectivity index (χ0) is 18.4. The van der Waals surface area contributed by atoms with Gasteiger partial charge in [-0.2, -0.15) is 0 Å². The lowest BCUT2D eigenvalue weighted by Gasteiger charge is -2.37. The minimum atomic E-state index is -0.983. The van der Waals surface area contributed by atoms with Crippen LogP contribution >= 0.6 is 0 Å². The zero-order valence-corrected chi connectivity index (χ0v) is 15.1. The molecule has 2 unspecified atom stereocenters. The van der Waals surface area contributed by atoms with E-state index >= 15 is 0 Å². The normalized spacial score (nSPS) is 18.0. The first-order chi connectivity index (χ1) is 11.9. The van der Waals surface area contributed by atoms with E-state index < -0.39 is 18.0 Å². The first-order valence-corrected chi connectivity index (χ1v) is 9.24. The summed E-state index contributed by atoms with van der Waals surface area (Å²) in [6.07, 6.45) is 5.94. The topological polar surface area (TPSA) is 77.8 Å². The standard InChI is InChI=1S/C20H29NO4/c1-3-14(2)15-9-11-16(12-10-15)19(20(24)25)21(13-18(22)23)17-7-5-4-6-8-17/h9-12,14,17,19H,3-8,13H2,1-2H3,(H,22,23)(H,24,25). The molecule has 0 bridgehead atoms. The predicted octanol–water partition coefficient (Wildman–Crippen LogP) is 4.05. The molecule has 1 aliphatic carbocycles. The number of nitrogens with zero attached hydrogens (tertiary/aromatic N) is 1. The molecule has 0 amide bonds. The summed E-state index contributed by atoms with van der Waals surface area (Å²) in [7, 11) is 0. The van der Waals surface area contributed by atoms with Crippen molar-refractivity contribution in [1.29, 1.82) is 0 Å². The van der Waals surface area contributed by atoms with Gasteiger partial charge < -0.3 is 10.2 Å². The van der Waals surface area contributed by atoms with Gasteiger partial charge in [-0.25, -0.2) is 0 Å². The first-order valence-electron chi connectivity index (χ1n) is 9.24. The van der Waals surface area contributed by atoms with Gasteiger partial charge in [0.1, 0.15) is 6.04 Å². The minimum Gasteiger partial charge on any atom is -0.480 e. The van der Waals surface area contributed by atoms with Crippen LogP contribution in [-0.2, 0) is 9.59 Å². The zero-order valence-electron chi connectivity index (χ0n) is 15.1. The van der Waals surface area contributed by atoms with Gasteiger partial charge >= 0.3 is 11.9 Å². The van der Waals surface area contributed by atoms with Crippen LogP contribution in [0.1, 0.15) is 75.5 Å². The van der Waals surface area contributed by atoms with Crippen molar-refractivity contribution in [2.75, 3.05) is 6.54 Å². The summed E-state index contributed by atoms with van der Waals surface area (Å²) in [5.74, 6) is -1.54. The van der Waals surface area contributed by atoms with Crippen LogP contribution in [0.5, 0.6) is 0 Å². The monoisotopic (exact) mass is 347 g/mol. The van der Waals surface area contributed by atoms with E-state index in [0.29, 0.717) is 11.5 Å². The van der Waals surface area contributed by atoms with Gasteiger partial charge in [0.15, 0.2) is 0 Å². The second-order valence-electron chi connectivity index (χ2n) is 7.07. The molecule has 2 rings (SSSR count). The van der Waals surface area contributed by atoms with E-state index in [2.05, 4.69) is 13.8 Å². The maximum absolute atomic E-state index is 12.0. The Hall–Kier alpha value is -1.88. The SMILES string of the molecule is CCC(C)c1ccc(C(C(=O)O)N(CC(=O)O)C2CCCCC2)cc1. The van der Waals surface area contributed by atoms with Gasteiger partial charge in [-0.1, -0.05) is 57.4 Å². The molecule has 1 aliphatic rings. The smallest absolute Gasteiger partial charge is 0.325 e. The van der Waals surface area contributed by atoms with E-state index in [1.165, 1.54) is 5.56 Å². The fraction of sp³-hybridized carbons (Fsp3) is 0.600. The second-order valence-corrected chi connectivity index (χ2v) is 7.07. The third kappa shape index (κ3) is 5.05. The summed E-state index contributed by atoms with van der Waals surface area (Å²) in [4.78, 5) is 25.0. The summed E-state index contributed by atoms with van der Waals surface area (Å²) in [5, 5.41) is 19.1. The largest absolute Gasteiger partial charge is 0.480 e. The molecule has 2 N–H and O–H groups in total. The molecule has 0 saturated heterocycles. The number of hydrogen-bond acceptors (Lipinski definition) is 3. The molecule has 0 heterocycles. The molecular formula is C20H29NO4. The molecule has 138 valence electrons. The van der Waals surface area contributed by atoms with Crippen LogP contribution in [-0.4, -0.2) is 39.6 Å². The van der Waals surface area contributed by atoms with Gasteiger partial charge in [-0.3, -0.25) is 14.5 Å². The highest BCUT2D eigenvalue weighted by Crippen LogP contribution is 2.31. The Morgan fingerprint density at radius 3 is 2.12 bits per heavy atom. The fourth-order valence-corrected chi connectivity index (χ4v) is 3.72. The molecule has 25 heavy (non-hydrogen) atoms. The quantitative estimate of drug-likeness (QED) is 0.742. The molecule has 0 aliphatic heterocycles. The van der Waals surface area contributed by atoms with E-state index in [1.54, 1.807) is 4.90 Å². The van der Waals surface area contributed by atoms with Gasteiger partial charge in [0.05, 0.1) is 6.54 Å². The van der Waals surface area contributed by atoms with Crippen LogP contribution < -0.4 is 0 Å². The van der Waals surface area contributed by atoms with Gasteiger partial charge in [-0.15, -0.1) is 0 Å². The average molecular weight is 347 g/mol. The first kappa shape index (κ1) is 19.4. The Balaban J connectivity index is 2.31. The van der Waals surface area contributed by atoms with Gasteiger partial charge in [0, 0.05) is 6.04 Å². The highest BCUT2D eigenvalue weighted by atomic mass is 16.4. The van der Waals surface area contributed by atoms with E-state index in [1.807, 2.05) is 24.3 Å². The van der Waals surface area contributed by atoms with Crippen LogP contribution in [0.15, 0.2) is 24.3 Å². The Bertz CT molecular complexity index is 578. The number of hydrogen-bond donors (Lipinski definition) is 2. The van der Waals surface area contributed by atoms with Crippen molar-refractivity contribution >= 4 is 11.9 Å². The summed E-state index contributed by atoms with van der Waals surface area (Å²) >= 11 is 0. The van der Waals surface area contributed by atoms with Crippen molar-refractivity contribution in [1.82, 2.24) is 4.90 Å². The third-order valence-electron chi connectivity index (χ3n) is 5.36. The van der Waals surface area contributed by atoms with Crippen LogP contribution in [0.2, 0.25) is 0 Å². The fourth-order valence-electron chi connectivity index (χ4n) is 3.72. The van der Waals surface area contributed by atoms with Crippen LogP contribution in [0.3, 0.4) is 0 Å². The molecular weight excluding hydrogens is 318 g/mol. The Labute approximate surface area is 149 Å². The number of carbonyl (C=O) groups is 2.